The van der Waals surface area contributed by atoms with Gasteiger partial charge in [-0.1, -0.05) is 23.8 Å². The van der Waals surface area contributed by atoms with Crippen LogP contribution >= 0.6 is 11.3 Å². The predicted octanol–water partition coefficient (Wildman–Crippen LogP) is 2.81. The molecule has 15 heavy (non-hydrogen) atoms. The van der Waals surface area contributed by atoms with Gasteiger partial charge in [-0.25, -0.2) is 0 Å². The molecule has 1 heterocycles. The van der Waals surface area contributed by atoms with E-state index >= 15 is 0 Å². The van der Waals surface area contributed by atoms with Crippen molar-refractivity contribution in [1.29, 1.82) is 0 Å². The molecule has 0 saturated heterocycles. The van der Waals surface area contributed by atoms with Crippen LogP contribution < -0.4 is 5.73 Å². The predicted molar refractivity (Wildman–Crippen MR) is 64.1 cm³/mol. The Morgan fingerprint density at radius 3 is 2.73 bits per heavy atom. The van der Waals surface area contributed by atoms with E-state index in [2.05, 4.69) is 37.0 Å². The number of aryl methyl sites for hydroxylation is 2. The van der Waals surface area contributed by atoms with Gasteiger partial charge in [-0.2, -0.15) is 0 Å². The molecule has 0 saturated carbocycles. The third kappa shape index (κ3) is 2.08. The first-order valence-electron chi connectivity index (χ1n) is 4.89. The standard InChI is InChI=1S/C12H14N2S/c1-8-3-4-10(9(2)5-8)12(13)11-6-14-7-15-11/h3-7,12H,13H2,1-2H3/t12-/m0/s1. The second kappa shape index (κ2) is 4.13. The van der Waals surface area contributed by atoms with Gasteiger partial charge in [-0.15, -0.1) is 11.3 Å². The lowest BCUT2D eigenvalue weighted by Gasteiger charge is -2.13. The molecule has 1 atom stereocenters. The number of rotatable bonds is 2. The lowest BCUT2D eigenvalue weighted by molar-refractivity contribution is 0.877. The van der Waals surface area contributed by atoms with Crippen LogP contribution in [0.4, 0.5) is 0 Å². The Morgan fingerprint density at radius 2 is 2.13 bits per heavy atom. The average molecular weight is 218 g/mol. The summed E-state index contributed by atoms with van der Waals surface area (Å²) in [7, 11) is 0. The van der Waals surface area contributed by atoms with E-state index in [-0.39, 0.29) is 6.04 Å². The summed E-state index contributed by atoms with van der Waals surface area (Å²) in [4.78, 5) is 5.17. The molecule has 2 nitrogen and oxygen atoms in total. The second-order valence-electron chi connectivity index (χ2n) is 3.74. The van der Waals surface area contributed by atoms with Crippen molar-refractivity contribution in [2.75, 3.05) is 0 Å². The molecule has 0 aliphatic heterocycles. The van der Waals surface area contributed by atoms with Gasteiger partial charge in [0.15, 0.2) is 0 Å². The van der Waals surface area contributed by atoms with Gasteiger partial charge in [0.1, 0.15) is 0 Å². The van der Waals surface area contributed by atoms with Crippen LogP contribution in [-0.2, 0) is 0 Å². The minimum atomic E-state index is -0.0434. The van der Waals surface area contributed by atoms with E-state index < -0.39 is 0 Å². The van der Waals surface area contributed by atoms with Crippen LogP contribution in [0.2, 0.25) is 0 Å². The first-order chi connectivity index (χ1) is 7.18. The maximum absolute atomic E-state index is 6.18. The Hall–Kier alpha value is -1.19. The van der Waals surface area contributed by atoms with E-state index in [0.29, 0.717) is 0 Å². The number of hydrogen-bond acceptors (Lipinski definition) is 3. The van der Waals surface area contributed by atoms with E-state index in [1.165, 1.54) is 16.7 Å². The lowest BCUT2D eigenvalue weighted by atomic mass is 9.99. The molecule has 78 valence electrons. The van der Waals surface area contributed by atoms with Crippen molar-refractivity contribution in [3.05, 3.63) is 51.5 Å². The van der Waals surface area contributed by atoms with E-state index in [1.54, 1.807) is 11.3 Å². The highest BCUT2D eigenvalue weighted by Crippen LogP contribution is 2.25. The lowest BCUT2D eigenvalue weighted by Crippen LogP contribution is -2.11. The SMILES string of the molecule is Cc1ccc([C@H](N)c2cncs2)c(C)c1. The smallest absolute Gasteiger partial charge is 0.0794 e. The minimum Gasteiger partial charge on any atom is -0.320 e. The third-order valence-corrected chi connectivity index (χ3v) is 3.38. The Kier molecular flexibility index (Phi) is 2.84. The highest BCUT2D eigenvalue weighted by atomic mass is 32.1. The Balaban J connectivity index is 2.38. The number of nitrogens with zero attached hydrogens (tertiary/aromatic N) is 1. The molecule has 0 radical (unpaired) electrons. The minimum absolute atomic E-state index is 0.0434. The molecule has 1 aromatic heterocycles. The molecule has 2 aromatic rings. The molecular weight excluding hydrogens is 204 g/mol. The van der Waals surface area contributed by atoms with E-state index in [0.717, 1.165) is 4.88 Å². The monoisotopic (exact) mass is 218 g/mol. The van der Waals surface area contributed by atoms with Crippen LogP contribution in [-0.4, -0.2) is 4.98 Å². The Labute approximate surface area is 93.8 Å². The van der Waals surface area contributed by atoms with Gasteiger partial charge in [0.2, 0.25) is 0 Å². The van der Waals surface area contributed by atoms with Crippen molar-refractivity contribution in [2.45, 2.75) is 19.9 Å². The molecule has 0 aliphatic rings. The van der Waals surface area contributed by atoms with Crippen molar-refractivity contribution < 1.29 is 0 Å². The zero-order valence-electron chi connectivity index (χ0n) is 8.90. The fraction of sp³-hybridized carbons (Fsp3) is 0.250. The Morgan fingerprint density at radius 1 is 1.33 bits per heavy atom. The summed E-state index contributed by atoms with van der Waals surface area (Å²) in [5.41, 5.74) is 11.7. The summed E-state index contributed by atoms with van der Waals surface area (Å²) >= 11 is 1.60. The van der Waals surface area contributed by atoms with Crippen molar-refractivity contribution in [2.24, 2.45) is 5.73 Å². The molecular formula is C12H14N2S. The molecule has 0 aliphatic carbocycles. The Bertz CT molecular complexity index is 449. The average Bonchev–Trinajstić information content (AvgIpc) is 2.69. The van der Waals surface area contributed by atoms with Crippen molar-refractivity contribution >= 4 is 11.3 Å². The summed E-state index contributed by atoms with van der Waals surface area (Å²) in [5, 5.41) is 0. The van der Waals surface area contributed by atoms with Crippen molar-refractivity contribution in [3.63, 3.8) is 0 Å². The quantitative estimate of drug-likeness (QED) is 0.841. The van der Waals surface area contributed by atoms with Crippen molar-refractivity contribution in [1.82, 2.24) is 4.98 Å². The van der Waals surface area contributed by atoms with E-state index in [9.17, 15) is 0 Å². The second-order valence-corrected chi connectivity index (χ2v) is 4.66. The molecule has 0 fully saturated rings. The molecule has 0 spiro atoms. The first-order valence-corrected chi connectivity index (χ1v) is 5.77. The third-order valence-electron chi connectivity index (χ3n) is 2.52. The fourth-order valence-corrected chi connectivity index (χ4v) is 2.35. The van der Waals surface area contributed by atoms with Gasteiger partial charge in [0.05, 0.1) is 11.6 Å². The van der Waals surface area contributed by atoms with Gasteiger partial charge >= 0.3 is 0 Å². The first kappa shape index (κ1) is 10.3. The van der Waals surface area contributed by atoms with E-state index in [4.69, 9.17) is 5.73 Å². The van der Waals surface area contributed by atoms with Crippen LogP contribution in [0.15, 0.2) is 29.9 Å². The number of benzene rings is 1. The van der Waals surface area contributed by atoms with Crippen LogP contribution in [0.1, 0.15) is 27.6 Å². The zero-order valence-corrected chi connectivity index (χ0v) is 9.71. The molecule has 2 N–H and O–H groups in total. The van der Waals surface area contributed by atoms with Gasteiger partial charge in [-0.3, -0.25) is 4.98 Å². The van der Waals surface area contributed by atoms with Crippen LogP contribution in [0.5, 0.6) is 0 Å². The van der Waals surface area contributed by atoms with Crippen LogP contribution in [0.3, 0.4) is 0 Å². The topological polar surface area (TPSA) is 38.9 Å². The summed E-state index contributed by atoms with van der Waals surface area (Å²) in [5.74, 6) is 0. The zero-order chi connectivity index (χ0) is 10.8. The highest BCUT2D eigenvalue weighted by molar-refractivity contribution is 7.09. The molecule has 0 bridgehead atoms. The number of thiazole rings is 1. The number of aromatic nitrogens is 1. The normalized spacial score (nSPS) is 12.7. The maximum atomic E-state index is 6.18. The summed E-state index contributed by atoms with van der Waals surface area (Å²) < 4.78 is 0. The van der Waals surface area contributed by atoms with Crippen LogP contribution in [0, 0.1) is 13.8 Å². The van der Waals surface area contributed by atoms with Gasteiger partial charge in [-0.05, 0) is 25.0 Å². The van der Waals surface area contributed by atoms with Gasteiger partial charge < -0.3 is 5.73 Å². The van der Waals surface area contributed by atoms with Gasteiger partial charge in [0.25, 0.3) is 0 Å². The largest absolute Gasteiger partial charge is 0.320 e. The van der Waals surface area contributed by atoms with Crippen molar-refractivity contribution in [3.8, 4) is 0 Å². The fourth-order valence-electron chi connectivity index (χ4n) is 1.71. The number of hydrogen-bond donors (Lipinski definition) is 1. The summed E-state index contributed by atoms with van der Waals surface area (Å²) in [6.45, 7) is 4.19. The maximum Gasteiger partial charge on any atom is 0.0794 e. The van der Waals surface area contributed by atoms with Gasteiger partial charge in [0, 0.05) is 11.1 Å². The molecule has 0 amide bonds. The molecule has 2 rings (SSSR count). The summed E-state index contributed by atoms with van der Waals surface area (Å²) in [6, 6.07) is 6.33. The van der Waals surface area contributed by atoms with E-state index in [1.807, 2.05) is 11.7 Å². The highest BCUT2D eigenvalue weighted by Gasteiger charge is 2.12. The molecule has 3 heteroatoms. The summed E-state index contributed by atoms with van der Waals surface area (Å²) in [6.07, 6.45) is 1.84. The number of nitrogens with two attached hydrogens (primary N) is 1. The molecule has 1 aromatic carbocycles. The molecule has 0 unspecified atom stereocenters. The van der Waals surface area contributed by atoms with Crippen LogP contribution in [0.25, 0.3) is 0 Å².